The molecule has 0 saturated heterocycles. The maximum atomic E-state index is 9.82. The molecule has 1 rings (SSSR count). The molecule has 1 N–H and O–H groups in total. The molecule has 0 aromatic carbocycles. The lowest BCUT2D eigenvalue weighted by molar-refractivity contribution is 0.0706. The van der Waals surface area contributed by atoms with Crippen LogP contribution < -0.4 is 0 Å². The summed E-state index contributed by atoms with van der Waals surface area (Å²) in [5.41, 5.74) is 0. The van der Waals surface area contributed by atoms with Gasteiger partial charge in [0.25, 0.3) is 0 Å². The van der Waals surface area contributed by atoms with Gasteiger partial charge in [-0.2, -0.15) is 0 Å². The minimum Gasteiger partial charge on any atom is -0.393 e. The van der Waals surface area contributed by atoms with Gasteiger partial charge in [0.15, 0.2) is 0 Å². The van der Waals surface area contributed by atoms with Crippen molar-refractivity contribution in [2.24, 2.45) is 11.8 Å². The van der Waals surface area contributed by atoms with Crippen LogP contribution in [0.5, 0.6) is 0 Å². The van der Waals surface area contributed by atoms with Gasteiger partial charge in [-0.25, -0.2) is 0 Å². The summed E-state index contributed by atoms with van der Waals surface area (Å²) < 4.78 is 0. The van der Waals surface area contributed by atoms with E-state index in [1.54, 1.807) is 0 Å². The SMILES string of the molecule is C=CCC(O)C1CCCC(CC)C1. The predicted octanol–water partition coefficient (Wildman–Crippen LogP) is 3.14. The van der Waals surface area contributed by atoms with Crippen LogP contribution in [0.3, 0.4) is 0 Å². The minimum absolute atomic E-state index is 0.133. The highest BCUT2D eigenvalue weighted by Crippen LogP contribution is 2.33. The van der Waals surface area contributed by atoms with Crippen molar-refractivity contribution in [3.8, 4) is 0 Å². The molecule has 0 bridgehead atoms. The molecule has 0 aromatic rings. The minimum atomic E-state index is -0.133. The van der Waals surface area contributed by atoms with Crippen molar-refractivity contribution in [3.05, 3.63) is 12.7 Å². The third kappa shape index (κ3) is 3.15. The molecule has 0 aromatic heterocycles. The van der Waals surface area contributed by atoms with Gasteiger partial charge in [-0.3, -0.25) is 0 Å². The summed E-state index contributed by atoms with van der Waals surface area (Å²) in [6.07, 6.45) is 8.85. The van der Waals surface area contributed by atoms with E-state index < -0.39 is 0 Å². The van der Waals surface area contributed by atoms with Gasteiger partial charge in [-0.1, -0.05) is 32.3 Å². The normalized spacial score (nSPS) is 31.2. The number of aliphatic hydroxyl groups is 1. The van der Waals surface area contributed by atoms with E-state index in [-0.39, 0.29) is 6.10 Å². The van der Waals surface area contributed by atoms with Crippen LogP contribution in [0.1, 0.15) is 45.4 Å². The quantitative estimate of drug-likeness (QED) is 0.662. The molecule has 1 fully saturated rings. The predicted molar refractivity (Wildman–Crippen MR) is 56.6 cm³/mol. The molecule has 1 saturated carbocycles. The molecule has 1 heteroatoms. The van der Waals surface area contributed by atoms with Crippen molar-refractivity contribution < 1.29 is 5.11 Å². The molecule has 13 heavy (non-hydrogen) atoms. The first-order valence-electron chi connectivity index (χ1n) is 5.56. The monoisotopic (exact) mass is 182 g/mol. The molecule has 0 amide bonds. The first kappa shape index (κ1) is 10.8. The molecule has 1 aliphatic carbocycles. The topological polar surface area (TPSA) is 20.2 Å². The number of rotatable bonds is 4. The van der Waals surface area contributed by atoms with Crippen LogP contribution in [-0.4, -0.2) is 11.2 Å². The fourth-order valence-corrected chi connectivity index (χ4v) is 2.42. The molecular weight excluding hydrogens is 160 g/mol. The standard InChI is InChI=1S/C12H22O/c1-3-6-12(13)11-8-5-7-10(4-2)9-11/h3,10-13H,1,4-9H2,2H3. The number of aliphatic hydroxyl groups excluding tert-OH is 1. The van der Waals surface area contributed by atoms with Crippen LogP contribution in [-0.2, 0) is 0 Å². The van der Waals surface area contributed by atoms with Gasteiger partial charge in [0.2, 0.25) is 0 Å². The molecule has 0 heterocycles. The van der Waals surface area contributed by atoms with Gasteiger partial charge in [0.05, 0.1) is 6.10 Å². The second-order valence-electron chi connectivity index (χ2n) is 4.29. The zero-order chi connectivity index (χ0) is 9.68. The Labute approximate surface area is 81.9 Å². The van der Waals surface area contributed by atoms with Crippen LogP contribution >= 0.6 is 0 Å². The Morgan fingerprint density at radius 3 is 2.92 bits per heavy atom. The van der Waals surface area contributed by atoms with Crippen molar-refractivity contribution in [3.63, 3.8) is 0 Å². The van der Waals surface area contributed by atoms with Crippen LogP contribution in [0.2, 0.25) is 0 Å². The lowest BCUT2D eigenvalue weighted by Crippen LogP contribution is -2.26. The van der Waals surface area contributed by atoms with Crippen molar-refractivity contribution in [2.75, 3.05) is 0 Å². The fourth-order valence-electron chi connectivity index (χ4n) is 2.42. The lowest BCUT2D eigenvalue weighted by atomic mass is 9.77. The van der Waals surface area contributed by atoms with Gasteiger partial charge >= 0.3 is 0 Å². The molecule has 76 valence electrons. The highest BCUT2D eigenvalue weighted by molar-refractivity contribution is 4.82. The fraction of sp³-hybridized carbons (Fsp3) is 0.833. The highest BCUT2D eigenvalue weighted by atomic mass is 16.3. The first-order valence-corrected chi connectivity index (χ1v) is 5.56. The lowest BCUT2D eigenvalue weighted by Gasteiger charge is -2.31. The van der Waals surface area contributed by atoms with Crippen molar-refractivity contribution in [1.82, 2.24) is 0 Å². The highest BCUT2D eigenvalue weighted by Gasteiger charge is 2.25. The average Bonchev–Trinajstić information content (AvgIpc) is 2.18. The van der Waals surface area contributed by atoms with Crippen molar-refractivity contribution in [2.45, 2.75) is 51.6 Å². The molecule has 0 aliphatic heterocycles. The maximum Gasteiger partial charge on any atom is 0.0602 e. The molecule has 3 unspecified atom stereocenters. The smallest absolute Gasteiger partial charge is 0.0602 e. The zero-order valence-electron chi connectivity index (χ0n) is 8.71. The molecular formula is C12H22O. The Balaban J connectivity index is 2.36. The van der Waals surface area contributed by atoms with Gasteiger partial charge in [0, 0.05) is 0 Å². The summed E-state index contributed by atoms with van der Waals surface area (Å²) in [7, 11) is 0. The van der Waals surface area contributed by atoms with Gasteiger partial charge in [0.1, 0.15) is 0 Å². The van der Waals surface area contributed by atoms with E-state index in [4.69, 9.17) is 0 Å². The Hall–Kier alpha value is -0.300. The van der Waals surface area contributed by atoms with Crippen LogP contribution in [0.25, 0.3) is 0 Å². The van der Waals surface area contributed by atoms with Crippen molar-refractivity contribution in [1.29, 1.82) is 0 Å². The van der Waals surface area contributed by atoms with Gasteiger partial charge < -0.3 is 5.11 Å². The van der Waals surface area contributed by atoms with E-state index in [1.807, 2.05) is 6.08 Å². The Morgan fingerprint density at radius 1 is 1.54 bits per heavy atom. The van der Waals surface area contributed by atoms with E-state index in [0.29, 0.717) is 5.92 Å². The summed E-state index contributed by atoms with van der Waals surface area (Å²) in [5.74, 6) is 1.40. The molecule has 0 radical (unpaired) electrons. The second kappa shape index (κ2) is 5.43. The number of hydrogen-bond donors (Lipinski definition) is 1. The van der Waals surface area contributed by atoms with Gasteiger partial charge in [-0.15, -0.1) is 6.58 Å². The third-order valence-electron chi connectivity index (χ3n) is 3.35. The number of hydrogen-bond acceptors (Lipinski definition) is 1. The molecule has 3 atom stereocenters. The van der Waals surface area contributed by atoms with Crippen LogP contribution in [0.4, 0.5) is 0 Å². The largest absolute Gasteiger partial charge is 0.393 e. The summed E-state index contributed by atoms with van der Waals surface area (Å²) in [6, 6.07) is 0. The first-order chi connectivity index (χ1) is 6.27. The van der Waals surface area contributed by atoms with Crippen LogP contribution in [0, 0.1) is 11.8 Å². The summed E-state index contributed by atoms with van der Waals surface area (Å²) in [4.78, 5) is 0. The average molecular weight is 182 g/mol. The van der Waals surface area contributed by atoms with E-state index in [1.165, 1.54) is 32.1 Å². The summed E-state index contributed by atoms with van der Waals surface area (Å²) in [6.45, 7) is 5.93. The van der Waals surface area contributed by atoms with Gasteiger partial charge in [-0.05, 0) is 31.1 Å². The Bertz CT molecular complexity index is 153. The summed E-state index contributed by atoms with van der Waals surface area (Å²) >= 11 is 0. The van der Waals surface area contributed by atoms with Crippen LogP contribution in [0.15, 0.2) is 12.7 Å². The summed E-state index contributed by atoms with van der Waals surface area (Å²) in [5, 5.41) is 9.82. The Morgan fingerprint density at radius 2 is 2.31 bits per heavy atom. The van der Waals surface area contributed by atoms with E-state index >= 15 is 0 Å². The molecule has 1 aliphatic rings. The zero-order valence-corrected chi connectivity index (χ0v) is 8.71. The second-order valence-corrected chi connectivity index (χ2v) is 4.29. The van der Waals surface area contributed by atoms with Crippen molar-refractivity contribution >= 4 is 0 Å². The van der Waals surface area contributed by atoms with E-state index in [0.717, 1.165) is 12.3 Å². The maximum absolute atomic E-state index is 9.82. The van der Waals surface area contributed by atoms with E-state index in [2.05, 4.69) is 13.5 Å². The van der Waals surface area contributed by atoms with E-state index in [9.17, 15) is 5.11 Å². The molecule has 1 nitrogen and oxygen atoms in total. The Kier molecular flexibility index (Phi) is 4.51. The molecule has 0 spiro atoms. The third-order valence-corrected chi connectivity index (χ3v) is 3.35.